The normalized spacial score (nSPS) is 21.3. The van der Waals surface area contributed by atoms with Crippen molar-refractivity contribution in [3.63, 3.8) is 0 Å². The molecule has 1 N–H and O–H groups in total. The molecule has 1 aliphatic rings. The molecule has 0 bridgehead atoms. The molecule has 0 aromatic heterocycles. The Bertz CT molecular complexity index is 414. The zero-order valence-corrected chi connectivity index (χ0v) is 12.9. The molecule has 1 fully saturated rings. The number of piperidine rings is 1. The summed E-state index contributed by atoms with van der Waals surface area (Å²) in [6, 6.07) is 0. The van der Waals surface area contributed by atoms with E-state index in [-0.39, 0.29) is 17.8 Å². The van der Waals surface area contributed by atoms with Crippen LogP contribution in [0.3, 0.4) is 0 Å². The second kappa shape index (κ2) is 6.09. The van der Waals surface area contributed by atoms with Crippen LogP contribution < -0.4 is 4.72 Å². The van der Waals surface area contributed by atoms with Crippen LogP contribution >= 0.6 is 0 Å². The topological polar surface area (TPSA) is 75.7 Å². The zero-order chi connectivity index (χ0) is 14.7. The van der Waals surface area contributed by atoms with Gasteiger partial charge in [-0.15, -0.1) is 0 Å². The number of amides is 1. The highest BCUT2D eigenvalue weighted by Crippen LogP contribution is 2.20. The van der Waals surface area contributed by atoms with Gasteiger partial charge in [0, 0.05) is 13.1 Å². The zero-order valence-electron chi connectivity index (χ0n) is 12.1. The van der Waals surface area contributed by atoms with Crippen LogP contribution in [0.15, 0.2) is 0 Å². The maximum atomic E-state index is 11.9. The average Bonchev–Trinajstić information content (AvgIpc) is 2.26. The van der Waals surface area contributed by atoms with Crippen LogP contribution in [0.4, 0.5) is 4.79 Å². The lowest BCUT2D eigenvalue weighted by Gasteiger charge is -2.33. The maximum Gasteiger partial charge on any atom is 0.410 e. The van der Waals surface area contributed by atoms with Crippen LogP contribution in [0.1, 0.15) is 33.6 Å². The van der Waals surface area contributed by atoms with Crippen molar-refractivity contribution in [1.29, 1.82) is 0 Å². The van der Waals surface area contributed by atoms with Crippen molar-refractivity contribution in [2.45, 2.75) is 39.2 Å². The van der Waals surface area contributed by atoms with Gasteiger partial charge in [-0.25, -0.2) is 17.9 Å². The Labute approximate surface area is 115 Å². The summed E-state index contributed by atoms with van der Waals surface area (Å²) in [7, 11) is -1.83. The third kappa shape index (κ3) is 5.78. The van der Waals surface area contributed by atoms with E-state index in [0.717, 1.165) is 12.8 Å². The highest BCUT2D eigenvalue weighted by atomic mass is 32.2. The van der Waals surface area contributed by atoms with Gasteiger partial charge in [-0.2, -0.15) is 0 Å². The molecule has 1 atom stereocenters. The maximum absolute atomic E-state index is 11.9. The summed E-state index contributed by atoms with van der Waals surface area (Å²) in [6.07, 6.45) is 1.27. The minimum Gasteiger partial charge on any atom is -0.444 e. The molecule has 0 radical (unpaired) electrons. The molecule has 1 aliphatic heterocycles. The van der Waals surface area contributed by atoms with Gasteiger partial charge in [0.1, 0.15) is 5.60 Å². The Morgan fingerprint density at radius 2 is 2.05 bits per heavy atom. The van der Waals surface area contributed by atoms with Crippen molar-refractivity contribution in [3.8, 4) is 0 Å². The van der Waals surface area contributed by atoms with Gasteiger partial charge in [0.2, 0.25) is 10.0 Å². The summed E-state index contributed by atoms with van der Waals surface area (Å²) in [5.74, 6) is 0.0294. The number of hydrogen-bond donors (Lipinski definition) is 1. The van der Waals surface area contributed by atoms with Gasteiger partial charge in [-0.05, 0) is 46.6 Å². The molecule has 1 heterocycles. The van der Waals surface area contributed by atoms with Gasteiger partial charge in [0.25, 0.3) is 0 Å². The largest absolute Gasteiger partial charge is 0.444 e. The van der Waals surface area contributed by atoms with E-state index >= 15 is 0 Å². The molecular formula is C12H24N2O4S. The Morgan fingerprint density at radius 1 is 1.42 bits per heavy atom. The predicted octanol–water partition coefficient (Wildman–Crippen LogP) is 1.18. The molecule has 1 unspecified atom stereocenters. The monoisotopic (exact) mass is 292 g/mol. The smallest absolute Gasteiger partial charge is 0.410 e. The lowest BCUT2D eigenvalue weighted by Crippen LogP contribution is -2.45. The van der Waals surface area contributed by atoms with Crippen molar-refractivity contribution in [2.24, 2.45) is 5.92 Å². The van der Waals surface area contributed by atoms with Crippen LogP contribution in [-0.2, 0) is 14.8 Å². The first kappa shape index (κ1) is 16.2. The van der Waals surface area contributed by atoms with Crippen molar-refractivity contribution in [1.82, 2.24) is 9.62 Å². The first-order valence-electron chi connectivity index (χ1n) is 6.52. The molecule has 7 heteroatoms. The minimum atomic E-state index is -3.23. The summed E-state index contributed by atoms with van der Waals surface area (Å²) in [6.45, 7) is 6.52. The molecule has 1 saturated heterocycles. The number of ether oxygens (including phenoxy) is 1. The Morgan fingerprint density at radius 3 is 2.58 bits per heavy atom. The van der Waals surface area contributed by atoms with Crippen molar-refractivity contribution >= 4 is 16.1 Å². The van der Waals surface area contributed by atoms with E-state index < -0.39 is 15.6 Å². The van der Waals surface area contributed by atoms with E-state index in [2.05, 4.69) is 4.72 Å². The molecule has 0 saturated carbocycles. The fraction of sp³-hybridized carbons (Fsp3) is 0.917. The molecule has 1 amide bonds. The quantitative estimate of drug-likeness (QED) is 0.847. The predicted molar refractivity (Wildman–Crippen MR) is 73.4 cm³/mol. The fourth-order valence-corrected chi connectivity index (χ4v) is 3.15. The highest BCUT2D eigenvalue weighted by molar-refractivity contribution is 7.89. The second-order valence-electron chi connectivity index (χ2n) is 5.92. The van der Waals surface area contributed by atoms with Crippen LogP contribution in [0.25, 0.3) is 0 Å². The molecule has 0 aliphatic carbocycles. The number of nitrogens with zero attached hydrogens (tertiary/aromatic N) is 1. The van der Waals surface area contributed by atoms with Crippen molar-refractivity contribution in [3.05, 3.63) is 0 Å². The van der Waals surface area contributed by atoms with Gasteiger partial charge in [0.15, 0.2) is 0 Å². The van der Waals surface area contributed by atoms with E-state index in [1.807, 2.05) is 20.8 Å². The number of carbonyl (C=O) groups excluding carboxylic acids is 1. The SMILES string of the molecule is CNS(=O)(=O)CC1CCCN(C(=O)OC(C)(C)C)C1. The number of rotatable bonds is 3. The van der Waals surface area contributed by atoms with Crippen LogP contribution in [0.2, 0.25) is 0 Å². The van der Waals surface area contributed by atoms with Crippen LogP contribution in [0.5, 0.6) is 0 Å². The Hall–Kier alpha value is -0.820. The van der Waals surface area contributed by atoms with Gasteiger partial charge in [-0.1, -0.05) is 0 Å². The first-order chi connectivity index (χ1) is 8.63. The molecule has 19 heavy (non-hydrogen) atoms. The average molecular weight is 292 g/mol. The van der Waals surface area contributed by atoms with E-state index in [1.165, 1.54) is 7.05 Å². The number of hydrogen-bond acceptors (Lipinski definition) is 4. The van der Waals surface area contributed by atoms with E-state index in [0.29, 0.717) is 13.1 Å². The first-order valence-corrected chi connectivity index (χ1v) is 8.17. The Kier molecular flexibility index (Phi) is 5.20. The Balaban J connectivity index is 2.57. The van der Waals surface area contributed by atoms with E-state index in [4.69, 9.17) is 4.74 Å². The lowest BCUT2D eigenvalue weighted by atomic mass is 10.0. The minimum absolute atomic E-state index is 0.0290. The molecule has 1 rings (SSSR count). The van der Waals surface area contributed by atoms with E-state index in [9.17, 15) is 13.2 Å². The lowest BCUT2D eigenvalue weighted by molar-refractivity contribution is 0.0176. The second-order valence-corrected chi connectivity index (χ2v) is 7.89. The third-order valence-electron chi connectivity index (χ3n) is 2.94. The summed E-state index contributed by atoms with van der Waals surface area (Å²) >= 11 is 0. The molecule has 6 nitrogen and oxygen atoms in total. The number of likely N-dealkylation sites (tertiary alicyclic amines) is 1. The summed E-state index contributed by atoms with van der Waals surface area (Å²) in [4.78, 5) is 13.5. The standard InChI is InChI=1S/C12H24N2O4S/c1-12(2,3)18-11(15)14-7-5-6-10(8-14)9-19(16,17)13-4/h10,13H,5-9H2,1-4H3. The highest BCUT2D eigenvalue weighted by Gasteiger charge is 2.29. The van der Waals surface area contributed by atoms with Gasteiger partial charge < -0.3 is 9.64 Å². The van der Waals surface area contributed by atoms with Gasteiger partial charge in [-0.3, -0.25) is 0 Å². The fourth-order valence-electron chi connectivity index (χ4n) is 2.09. The molecule has 0 spiro atoms. The summed E-state index contributed by atoms with van der Waals surface area (Å²) in [5, 5.41) is 0. The molecule has 0 aromatic rings. The molecular weight excluding hydrogens is 268 g/mol. The number of nitrogens with one attached hydrogen (secondary N) is 1. The molecule has 112 valence electrons. The van der Waals surface area contributed by atoms with Crippen LogP contribution in [0, 0.1) is 5.92 Å². The summed E-state index contributed by atoms with van der Waals surface area (Å²) in [5.41, 5.74) is -0.527. The summed E-state index contributed by atoms with van der Waals surface area (Å²) < 4.78 is 30.7. The third-order valence-corrected chi connectivity index (χ3v) is 4.47. The van der Waals surface area contributed by atoms with Crippen molar-refractivity contribution < 1.29 is 17.9 Å². The van der Waals surface area contributed by atoms with Crippen molar-refractivity contribution in [2.75, 3.05) is 25.9 Å². The van der Waals surface area contributed by atoms with E-state index in [1.54, 1.807) is 4.90 Å². The molecule has 0 aromatic carbocycles. The van der Waals surface area contributed by atoms with Crippen LogP contribution in [-0.4, -0.2) is 50.9 Å². The number of carbonyl (C=O) groups is 1. The van der Waals surface area contributed by atoms with Gasteiger partial charge in [0.05, 0.1) is 5.75 Å². The van der Waals surface area contributed by atoms with Gasteiger partial charge >= 0.3 is 6.09 Å². The number of sulfonamides is 1.